The average Bonchev–Trinajstić information content (AvgIpc) is 2.34. The van der Waals surface area contributed by atoms with E-state index >= 15 is 0 Å². The van der Waals surface area contributed by atoms with Crippen LogP contribution in [-0.4, -0.2) is 32.4 Å². The van der Waals surface area contributed by atoms with Gasteiger partial charge in [-0.2, -0.15) is 0 Å². The maximum atomic E-state index is 11.6. The molecule has 0 unspecified atom stereocenters. The number of benzene rings is 1. The molecule has 0 aliphatic rings. The van der Waals surface area contributed by atoms with E-state index < -0.39 is 11.6 Å². The minimum Gasteiger partial charge on any atom is -0.494 e. The molecule has 0 atom stereocenters. The lowest BCUT2D eigenvalue weighted by Gasteiger charge is -2.20. The number of ether oxygens (including phenoxy) is 4. The SMILES string of the molecule is COc1cc(OC)c(OCC(=O)OC(C)(C)C)cc1N. The Balaban J connectivity index is 2.77. The van der Waals surface area contributed by atoms with Crippen molar-refractivity contribution in [1.82, 2.24) is 0 Å². The molecule has 1 aromatic carbocycles. The maximum Gasteiger partial charge on any atom is 0.344 e. The third-order valence-electron chi connectivity index (χ3n) is 2.28. The van der Waals surface area contributed by atoms with Crippen LogP contribution >= 0.6 is 0 Å². The van der Waals surface area contributed by atoms with Crippen LogP contribution in [0.3, 0.4) is 0 Å². The van der Waals surface area contributed by atoms with Gasteiger partial charge >= 0.3 is 5.97 Å². The number of methoxy groups -OCH3 is 2. The predicted octanol–water partition coefficient (Wildman–Crippen LogP) is 2.01. The van der Waals surface area contributed by atoms with Crippen molar-refractivity contribution >= 4 is 11.7 Å². The molecule has 0 aromatic heterocycles. The zero-order valence-corrected chi connectivity index (χ0v) is 12.5. The highest BCUT2D eigenvalue weighted by Crippen LogP contribution is 2.36. The van der Waals surface area contributed by atoms with E-state index in [0.717, 1.165) is 0 Å². The standard InChI is InChI=1S/C14H21NO5/c1-14(2,3)20-13(16)8-19-12-6-9(15)10(17-4)7-11(12)18-5/h6-7H,8,15H2,1-5H3. The number of nitrogens with two attached hydrogens (primary N) is 1. The summed E-state index contributed by atoms with van der Waals surface area (Å²) in [5, 5.41) is 0. The lowest BCUT2D eigenvalue weighted by atomic mass is 10.2. The molecule has 1 rings (SSSR count). The van der Waals surface area contributed by atoms with Gasteiger partial charge in [0.2, 0.25) is 0 Å². The Kier molecular flexibility index (Phi) is 5.07. The zero-order valence-electron chi connectivity index (χ0n) is 12.5. The number of rotatable bonds is 5. The van der Waals surface area contributed by atoms with Crippen molar-refractivity contribution in [2.75, 3.05) is 26.6 Å². The highest BCUT2D eigenvalue weighted by Gasteiger charge is 2.18. The summed E-state index contributed by atoms with van der Waals surface area (Å²) in [7, 11) is 3.00. The normalized spacial score (nSPS) is 10.8. The van der Waals surface area contributed by atoms with Crippen molar-refractivity contribution in [3.63, 3.8) is 0 Å². The third kappa shape index (κ3) is 4.53. The van der Waals surface area contributed by atoms with Crippen LogP contribution in [0.25, 0.3) is 0 Å². The lowest BCUT2D eigenvalue weighted by molar-refractivity contribution is -0.157. The van der Waals surface area contributed by atoms with E-state index in [4.69, 9.17) is 24.7 Å². The molecule has 0 saturated carbocycles. The van der Waals surface area contributed by atoms with Gasteiger partial charge in [0, 0.05) is 12.1 Å². The molecule has 20 heavy (non-hydrogen) atoms. The molecule has 0 aliphatic heterocycles. The van der Waals surface area contributed by atoms with Crippen molar-refractivity contribution in [3.05, 3.63) is 12.1 Å². The van der Waals surface area contributed by atoms with Crippen molar-refractivity contribution in [3.8, 4) is 17.2 Å². The molecular formula is C14H21NO5. The van der Waals surface area contributed by atoms with E-state index in [9.17, 15) is 4.79 Å². The summed E-state index contributed by atoms with van der Waals surface area (Å²) in [5.74, 6) is 0.802. The monoisotopic (exact) mass is 283 g/mol. The molecule has 0 saturated heterocycles. The van der Waals surface area contributed by atoms with Gasteiger partial charge in [-0.1, -0.05) is 0 Å². The van der Waals surface area contributed by atoms with Crippen LogP contribution < -0.4 is 19.9 Å². The third-order valence-corrected chi connectivity index (χ3v) is 2.28. The summed E-state index contributed by atoms with van der Waals surface area (Å²) in [4.78, 5) is 11.6. The van der Waals surface area contributed by atoms with Crippen molar-refractivity contribution in [2.45, 2.75) is 26.4 Å². The highest BCUT2D eigenvalue weighted by atomic mass is 16.6. The first-order chi connectivity index (χ1) is 9.26. The fourth-order valence-electron chi connectivity index (χ4n) is 1.51. The molecule has 112 valence electrons. The molecule has 0 spiro atoms. The van der Waals surface area contributed by atoms with Crippen LogP contribution in [0.5, 0.6) is 17.2 Å². The van der Waals surface area contributed by atoms with Gasteiger partial charge < -0.3 is 24.7 Å². The Morgan fingerprint density at radius 3 is 2.20 bits per heavy atom. The Morgan fingerprint density at radius 2 is 1.70 bits per heavy atom. The van der Waals surface area contributed by atoms with Crippen molar-refractivity contribution < 1.29 is 23.7 Å². The molecule has 6 nitrogen and oxygen atoms in total. The number of esters is 1. The summed E-state index contributed by atoms with van der Waals surface area (Å²) in [5.41, 5.74) is 5.63. The average molecular weight is 283 g/mol. The van der Waals surface area contributed by atoms with Crippen LogP contribution in [0.1, 0.15) is 20.8 Å². The second kappa shape index (κ2) is 6.36. The molecule has 2 N–H and O–H groups in total. The van der Waals surface area contributed by atoms with Gasteiger partial charge in [-0.15, -0.1) is 0 Å². The second-order valence-electron chi connectivity index (χ2n) is 5.12. The minimum atomic E-state index is -0.552. The van der Waals surface area contributed by atoms with Gasteiger partial charge in [-0.3, -0.25) is 0 Å². The van der Waals surface area contributed by atoms with Gasteiger partial charge in [0.15, 0.2) is 18.1 Å². The number of hydrogen-bond donors (Lipinski definition) is 1. The van der Waals surface area contributed by atoms with E-state index in [1.165, 1.54) is 14.2 Å². The smallest absolute Gasteiger partial charge is 0.344 e. The number of carbonyl (C=O) groups is 1. The summed E-state index contributed by atoms with van der Waals surface area (Å²) >= 11 is 0. The number of nitrogen functional groups attached to an aromatic ring is 1. The number of carbonyl (C=O) groups excluding carboxylic acids is 1. The summed E-state index contributed by atoms with van der Waals surface area (Å²) in [6.45, 7) is 5.14. The number of hydrogen-bond acceptors (Lipinski definition) is 6. The summed E-state index contributed by atoms with van der Waals surface area (Å²) < 4.78 is 20.8. The molecule has 0 bridgehead atoms. The Hall–Kier alpha value is -2.11. The van der Waals surface area contributed by atoms with Gasteiger partial charge in [0.05, 0.1) is 19.9 Å². The first-order valence-corrected chi connectivity index (χ1v) is 6.13. The highest BCUT2D eigenvalue weighted by molar-refractivity contribution is 5.72. The molecule has 0 heterocycles. The fourth-order valence-corrected chi connectivity index (χ4v) is 1.51. The first kappa shape index (κ1) is 15.9. The molecule has 0 aliphatic carbocycles. The Morgan fingerprint density at radius 1 is 1.10 bits per heavy atom. The molecule has 0 radical (unpaired) electrons. The molecular weight excluding hydrogens is 262 g/mol. The molecule has 0 fully saturated rings. The molecule has 6 heteroatoms. The van der Waals surface area contributed by atoms with Crippen LogP contribution in [0.15, 0.2) is 12.1 Å². The van der Waals surface area contributed by atoms with Crippen LogP contribution in [0.2, 0.25) is 0 Å². The van der Waals surface area contributed by atoms with E-state index in [-0.39, 0.29) is 6.61 Å². The quantitative estimate of drug-likeness (QED) is 0.657. The zero-order chi connectivity index (χ0) is 15.3. The number of anilines is 1. The Labute approximate surface area is 118 Å². The van der Waals surface area contributed by atoms with E-state index in [1.54, 1.807) is 32.9 Å². The van der Waals surface area contributed by atoms with E-state index in [1.807, 2.05) is 0 Å². The molecule has 0 amide bonds. The largest absolute Gasteiger partial charge is 0.494 e. The lowest BCUT2D eigenvalue weighted by Crippen LogP contribution is -2.27. The molecule has 1 aromatic rings. The van der Waals surface area contributed by atoms with Gasteiger partial charge in [-0.05, 0) is 20.8 Å². The van der Waals surface area contributed by atoms with Gasteiger partial charge in [0.1, 0.15) is 11.4 Å². The van der Waals surface area contributed by atoms with E-state index in [2.05, 4.69) is 0 Å². The van der Waals surface area contributed by atoms with Crippen molar-refractivity contribution in [1.29, 1.82) is 0 Å². The van der Waals surface area contributed by atoms with Crippen LogP contribution in [0, 0.1) is 0 Å². The predicted molar refractivity (Wildman–Crippen MR) is 75.3 cm³/mol. The van der Waals surface area contributed by atoms with Gasteiger partial charge in [-0.25, -0.2) is 4.79 Å². The first-order valence-electron chi connectivity index (χ1n) is 6.13. The summed E-state index contributed by atoms with van der Waals surface area (Å²) in [6.07, 6.45) is 0. The fraction of sp³-hybridized carbons (Fsp3) is 0.500. The second-order valence-corrected chi connectivity index (χ2v) is 5.12. The van der Waals surface area contributed by atoms with Crippen molar-refractivity contribution in [2.24, 2.45) is 0 Å². The van der Waals surface area contributed by atoms with Crippen LogP contribution in [-0.2, 0) is 9.53 Å². The minimum absolute atomic E-state index is 0.223. The maximum absolute atomic E-state index is 11.6. The summed E-state index contributed by atoms with van der Waals surface area (Å²) in [6, 6.07) is 3.14. The van der Waals surface area contributed by atoms with Gasteiger partial charge in [0.25, 0.3) is 0 Å². The Bertz CT molecular complexity index is 479. The van der Waals surface area contributed by atoms with E-state index in [0.29, 0.717) is 22.9 Å². The van der Waals surface area contributed by atoms with Crippen LogP contribution in [0.4, 0.5) is 5.69 Å². The topological polar surface area (TPSA) is 80.0 Å².